The van der Waals surface area contributed by atoms with Crippen LogP contribution >= 0.6 is 0 Å². The Balaban J connectivity index is 1.53. The highest BCUT2D eigenvalue weighted by molar-refractivity contribution is 5.72. The third-order valence-corrected chi connectivity index (χ3v) is 4.91. The van der Waals surface area contributed by atoms with Crippen molar-refractivity contribution in [3.8, 4) is 5.75 Å². The molecule has 0 bridgehead atoms. The van der Waals surface area contributed by atoms with Gasteiger partial charge in [-0.05, 0) is 37.3 Å². The third-order valence-electron chi connectivity index (χ3n) is 4.91. The Kier molecular flexibility index (Phi) is 5.79. The zero-order valence-electron chi connectivity index (χ0n) is 14.8. The molecule has 0 saturated carbocycles. The molecule has 0 aromatic heterocycles. The number of piperidine rings is 1. The van der Waals surface area contributed by atoms with Crippen LogP contribution < -0.4 is 4.74 Å². The minimum Gasteiger partial charge on any atom is -0.449 e. The number of hydrogen-bond acceptors (Lipinski definition) is 4. The molecule has 0 aliphatic carbocycles. The second-order valence-corrected chi connectivity index (χ2v) is 6.61. The molecule has 0 spiro atoms. The van der Waals surface area contributed by atoms with E-state index in [-0.39, 0.29) is 18.2 Å². The molecule has 3 rings (SSSR count). The van der Waals surface area contributed by atoms with Crippen LogP contribution in [0.1, 0.15) is 38.2 Å². The highest BCUT2D eigenvalue weighted by Gasteiger charge is 2.32. The maximum absolute atomic E-state index is 12.5. The Hall–Kier alpha value is -2.24. The van der Waals surface area contributed by atoms with Crippen LogP contribution in [0.2, 0.25) is 0 Å². The maximum Gasteiger partial charge on any atom is 0.415 e. The van der Waals surface area contributed by atoms with Crippen molar-refractivity contribution >= 4 is 12.2 Å². The smallest absolute Gasteiger partial charge is 0.415 e. The number of rotatable bonds is 4. The van der Waals surface area contributed by atoms with Crippen LogP contribution in [-0.4, -0.2) is 54.3 Å². The molecule has 0 radical (unpaired) electrons. The summed E-state index contributed by atoms with van der Waals surface area (Å²) in [6, 6.07) is 7.80. The number of unbranched alkanes of at least 4 members (excludes halogenated alkanes) is 1. The number of nitrogens with zero attached hydrogens (tertiary/aromatic N) is 2. The van der Waals surface area contributed by atoms with Crippen molar-refractivity contribution in [2.75, 3.05) is 26.2 Å². The zero-order chi connectivity index (χ0) is 17.6. The lowest BCUT2D eigenvalue weighted by Gasteiger charge is -2.36. The van der Waals surface area contributed by atoms with E-state index in [4.69, 9.17) is 9.47 Å². The van der Waals surface area contributed by atoms with Crippen molar-refractivity contribution in [1.82, 2.24) is 9.80 Å². The first-order valence-electron chi connectivity index (χ1n) is 9.17. The average molecular weight is 346 g/mol. The number of likely N-dealkylation sites (tertiary alicyclic amines) is 1. The van der Waals surface area contributed by atoms with Crippen molar-refractivity contribution < 1.29 is 19.1 Å². The van der Waals surface area contributed by atoms with Crippen LogP contribution in [0, 0.1) is 0 Å². The minimum absolute atomic E-state index is 0.113. The van der Waals surface area contributed by atoms with E-state index in [2.05, 4.69) is 6.92 Å². The molecule has 2 aliphatic heterocycles. The molecular weight excluding hydrogens is 320 g/mol. The maximum atomic E-state index is 12.5. The lowest BCUT2D eigenvalue weighted by atomic mass is 10.0. The number of ether oxygens (including phenoxy) is 2. The van der Waals surface area contributed by atoms with Crippen molar-refractivity contribution in [2.45, 2.75) is 45.1 Å². The van der Waals surface area contributed by atoms with E-state index in [1.165, 1.54) is 0 Å². The van der Waals surface area contributed by atoms with Crippen LogP contribution in [-0.2, 0) is 11.2 Å². The van der Waals surface area contributed by atoms with Gasteiger partial charge >= 0.3 is 12.2 Å². The highest BCUT2D eigenvalue weighted by Crippen LogP contribution is 2.26. The highest BCUT2D eigenvalue weighted by atomic mass is 16.6. The van der Waals surface area contributed by atoms with Gasteiger partial charge in [0.1, 0.15) is 5.75 Å². The Bertz CT molecular complexity index is 611. The molecule has 2 aliphatic rings. The Morgan fingerprint density at radius 3 is 2.76 bits per heavy atom. The number of para-hydroxylation sites is 1. The molecule has 6 nitrogen and oxygen atoms in total. The van der Waals surface area contributed by atoms with Gasteiger partial charge in [0, 0.05) is 25.7 Å². The van der Waals surface area contributed by atoms with Crippen molar-refractivity contribution in [3.05, 3.63) is 29.8 Å². The normalized spacial score (nSPS) is 18.4. The van der Waals surface area contributed by atoms with E-state index in [0.29, 0.717) is 32.0 Å². The average Bonchev–Trinajstić information content (AvgIpc) is 2.80. The fourth-order valence-electron chi connectivity index (χ4n) is 3.38. The van der Waals surface area contributed by atoms with Gasteiger partial charge in [-0.1, -0.05) is 31.5 Å². The van der Waals surface area contributed by atoms with Gasteiger partial charge in [-0.2, -0.15) is 0 Å². The Morgan fingerprint density at radius 1 is 1.24 bits per heavy atom. The predicted molar refractivity (Wildman–Crippen MR) is 93.7 cm³/mol. The molecule has 0 unspecified atom stereocenters. The van der Waals surface area contributed by atoms with Crippen molar-refractivity contribution in [2.24, 2.45) is 0 Å². The number of hydrogen-bond donors (Lipinski definition) is 0. The van der Waals surface area contributed by atoms with E-state index in [1.807, 2.05) is 29.2 Å². The number of fused-ring (bicyclic) bond motifs is 1. The van der Waals surface area contributed by atoms with Crippen LogP contribution in [0.4, 0.5) is 9.59 Å². The second-order valence-electron chi connectivity index (χ2n) is 6.61. The topological polar surface area (TPSA) is 59.1 Å². The summed E-state index contributed by atoms with van der Waals surface area (Å²) in [5.74, 6) is 0.659. The zero-order valence-corrected chi connectivity index (χ0v) is 14.8. The standard InChI is InChI=1S/C19H26N2O4/c1-2-3-14-24-18(22)20-11-9-16(10-12-20)21-13-8-15-6-4-5-7-17(15)25-19(21)23/h4-7,16H,2-3,8-14H2,1H3. The Morgan fingerprint density at radius 2 is 2.00 bits per heavy atom. The van der Waals surface area contributed by atoms with Crippen molar-refractivity contribution in [3.63, 3.8) is 0 Å². The molecule has 1 aromatic carbocycles. The summed E-state index contributed by atoms with van der Waals surface area (Å²) >= 11 is 0. The van der Waals surface area contributed by atoms with Gasteiger partial charge < -0.3 is 19.3 Å². The molecule has 25 heavy (non-hydrogen) atoms. The molecular formula is C19H26N2O4. The predicted octanol–water partition coefficient (Wildman–Crippen LogP) is 3.44. The van der Waals surface area contributed by atoms with E-state index >= 15 is 0 Å². The summed E-state index contributed by atoms with van der Waals surface area (Å²) in [5, 5.41) is 0. The number of amides is 2. The lowest BCUT2D eigenvalue weighted by Crippen LogP contribution is -2.49. The first kappa shape index (κ1) is 17.6. The Labute approximate surface area is 148 Å². The van der Waals surface area contributed by atoms with Gasteiger partial charge in [0.05, 0.1) is 6.61 Å². The summed E-state index contributed by atoms with van der Waals surface area (Å²) in [5.41, 5.74) is 1.07. The molecule has 2 heterocycles. The van der Waals surface area contributed by atoms with Crippen LogP contribution in [0.25, 0.3) is 0 Å². The fraction of sp³-hybridized carbons (Fsp3) is 0.579. The quantitative estimate of drug-likeness (QED) is 0.784. The summed E-state index contributed by atoms with van der Waals surface area (Å²) < 4.78 is 10.8. The van der Waals surface area contributed by atoms with Gasteiger partial charge in [0.15, 0.2) is 0 Å². The van der Waals surface area contributed by atoms with E-state index in [0.717, 1.165) is 37.7 Å². The summed E-state index contributed by atoms with van der Waals surface area (Å²) in [7, 11) is 0. The first-order chi connectivity index (χ1) is 12.2. The molecule has 1 aromatic rings. The van der Waals surface area contributed by atoms with Gasteiger partial charge in [-0.15, -0.1) is 0 Å². The monoisotopic (exact) mass is 346 g/mol. The van der Waals surface area contributed by atoms with E-state index < -0.39 is 0 Å². The minimum atomic E-state index is -0.283. The summed E-state index contributed by atoms with van der Waals surface area (Å²) in [6.45, 7) is 4.43. The van der Waals surface area contributed by atoms with Crippen LogP contribution in [0.3, 0.4) is 0 Å². The summed E-state index contributed by atoms with van der Waals surface area (Å²) in [6.07, 6.45) is 3.69. The van der Waals surface area contributed by atoms with E-state index in [9.17, 15) is 9.59 Å². The molecule has 136 valence electrons. The molecule has 1 saturated heterocycles. The largest absolute Gasteiger partial charge is 0.449 e. The summed E-state index contributed by atoms with van der Waals surface area (Å²) in [4.78, 5) is 28.0. The molecule has 2 amide bonds. The number of benzene rings is 1. The second kappa shape index (κ2) is 8.23. The molecule has 6 heteroatoms. The van der Waals surface area contributed by atoms with Gasteiger partial charge in [-0.25, -0.2) is 9.59 Å². The van der Waals surface area contributed by atoms with Gasteiger partial charge in [0.25, 0.3) is 0 Å². The third kappa shape index (κ3) is 4.24. The molecule has 0 atom stereocenters. The molecule has 1 fully saturated rings. The SMILES string of the molecule is CCCCOC(=O)N1CCC(N2CCc3ccccc3OC2=O)CC1. The van der Waals surface area contributed by atoms with E-state index in [1.54, 1.807) is 4.90 Å². The van der Waals surface area contributed by atoms with Gasteiger partial charge in [0.2, 0.25) is 0 Å². The molecule has 0 N–H and O–H groups in total. The van der Waals surface area contributed by atoms with Crippen LogP contribution in [0.5, 0.6) is 5.75 Å². The number of carbonyl (C=O) groups is 2. The fourth-order valence-corrected chi connectivity index (χ4v) is 3.38. The lowest BCUT2D eigenvalue weighted by molar-refractivity contribution is 0.0724. The first-order valence-corrected chi connectivity index (χ1v) is 9.17. The van der Waals surface area contributed by atoms with Crippen molar-refractivity contribution in [1.29, 1.82) is 0 Å². The van der Waals surface area contributed by atoms with Crippen LogP contribution in [0.15, 0.2) is 24.3 Å². The number of carbonyl (C=O) groups excluding carboxylic acids is 2. The van der Waals surface area contributed by atoms with Gasteiger partial charge in [-0.3, -0.25) is 0 Å².